The summed E-state index contributed by atoms with van der Waals surface area (Å²) in [5.41, 5.74) is 2.29. The maximum absolute atomic E-state index is 14.0. The summed E-state index contributed by atoms with van der Waals surface area (Å²) in [6.45, 7) is 3.71. The number of benzene rings is 1. The Morgan fingerprint density at radius 3 is 2.72 bits per heavy atom. The van der Waals surface area contributed by atoms with Gasteiger partial charge in [0.15, 0.2) is 0 Å². The standard InChI is InChI=1S/C25H29FN4O2/c1-16-20-14-22(31)30(13-11-17-6-4-5-9-21(17)26)24(20)28-23(27-16)19-10-12-29(15-19)25(32)18-7-2-3-8-18/h4-6,9,18-19H,2-3,7-8,10-15H2,1H3. The molecule has 168 valence electrons. The van der Waals surface area contributed by atoms with E-state index in [1.54, 1.807) is 23.1 Å². The van der Waals surface area contributed by atoms with Gasteiger partial charge in [0.25, 0.3) is 0 Å². The van der Waals surface area contributed by atoms with Crippen LogP contribution in [0.25, 0.3) is 0 Å². The molecular formula is C25H29FN4O2. The molecule has 1 atom stereocenters. The maximum atomic E-state index is 14.0. The van der Waals surface area contributed by atoms with Gasteiger partial charge in [-0.15, -0.1) is 0 Å². The van der Waals surface area contributed by atoms with E-state index in [0.717, 1.165) is 49.9 Å². The van der Waals surface area contributed by atoms with Crippen LogP contribution in [0.3, 0.4) is 0 Å². The molecule has 0 radical (unpaired) electrons. The van der Waals surface area contributed by atoms with E-state index in [1.165, 1.54) is 6.07 Å². The number of amides is 2. The minimum Gasteiger partial charge on any atom is -0.342 e. The second kappa shape index (κ2) is 8.60. The highest BCUT2D eigenvalue weighted by molar-refractivity contribution is 6.00. The third kappa shape index (κ3) is 3.89. The van der Waals surface area contributed by atoms with E-state index < -0.39 is 0 Å². The lowest BCUT2D eigenvalue weighted by atomic mass is 10.1. The van der Waals surface area contributed by atoms with Gasteiger partial charge < -0.3 is 4.90 Å². The number of carbonyl (C=O) groups excluding carboxylic acids is 2. The molecule has 0 N–H and O–H groups in total. The van der Waals surface area contributed by atoms with Crippen molar-refractivity contribution in [2.45, 2.75) is 57.8 Å². The molecule has 2 aromatic rings. The average molecular weight is 437 g/mol. The largest absolute Gasteiger partial charge is 0.342 e. The number of rotatable bonds is 5. The van der Waals surface area contributed by atoms with Gasteiger partial charge in [-0.1, -0.05) is 31.0 Å². The number of aryl methyl sites for hydroxylation is 1. The maximum Gasteiger partial charge on any atom is 0.232 e. The van der Waals surface area contributed by atoms with Gasteiger partial charge in [-0.3, -0.25) is 14.5 Å². The number of anilines is 1. The topological polar surface area (TPSA) is 66.4 Å². The van der Waals surface area contributed by atoms with E-state index in [0.29, 0.717) is 36.7 Å². The molecule has 6 nitrogen and oxygen atoms in total. The lowest BCUT2D eigenvalue weighted by molar-refractivity contribution is -0.134. The second-order valence-corrected chi connectivity index (χ2v) is 9.28. The molecule has 1 unspecified atom stereocenters. The summed E-state index contributed by atoms with van der Waals surface area (Å²) in [5.74, 6) is 1.66. The molecule has 5 rings (SSSR count). The first-order valence-electron chi connectivity index (χ1n) is 11.7. The first kappa shape index (κ1) is 21.0. The van der Waals surface area contributed by atoms with Crippen LogP contribution in [-0.2, 0) is 22.4 Å². The SMILES string of the molecule is Cc1nc(C2CCN(C(=O)C3CCCC3)C2)nc2c1CC(=O)N2CCc1ccccc1F. The molecule has 3 aliphatic rings. The molecule has 1 aromatic carbocycles. The van der Waals surface area contributed by atoms with Gasteiger partial charge in [-0.2, -0.15) is 0 Å². The van der Waals surface area contributed by atoms with E-state index in [9.17, 15) is 14.0 Å². The summed E-state index contributed by atoms with van der Waals surface area (Å²) in [5, 5.41) is 0. The molecule has 1 saturated carbocycles. The number of halogens is 1. The molecule has 2 aliphatic heterocycles. The van der Waals surface area contributed by atoms with E-state index in [-0.39, 0.29) is 35.9 Å². The van der Waals surface area contributed by atoms with Crippen LogP contribution >= 0.6 is 0 Å². The van der Waals surface area contributed by atoms with Gasteiger partial charge in [0.05, 0.1) is 6.42 Å². The number of carbonyl (C=O) groups is 2. The molecule has 2 amide bonds. The van der Waals surface area contributed by atoms with Crippen molar-refractivity contribution < 1.29 is 14.0 Å². The first-order valence-corrected chi connectivity index (χ1v) is 11.7. The minimum absolute atomic E-state index is 0.0182. The van der Waals surface area contributed by atoms with Crippen LogP contribution < -0.4 is 4.90 Å². The van der Waals surface area contributed by atoms with Crippen LogP contribution in [0.2, 0.25) is 0 Å². The van der Waals surface area contributed by atoms with Crippen LogP contribution in [0.15, 0.2) is 24.3 Å². The molecule has 0 spiro atoms. The number of fused-ring (bicyclic) bond motifs is 1. The highest BCUT2D eigenvalue weighted by Crippen LogP contribution is 2.34. The van der Waals surface area contributed by atoms with Gasteiger partial charge >= 0.3 is 0 Å². The van der Waals surface area contributed by atoms with Crippen molar-refractivity contribution in [3.8, 4) is 0 Å². The highest BCUT2D eigenvalue weighted by atomic mass is 19.1. The number of hydrogen-bond donors (Lipinski definition) is 0. The van der Waals surface area contributed by atoms with Gasteiger partial charge in [0.1, 0.15) is 17.5 Å². The van der Waals surface area contributed by atoms with E-state index >= 15 is 0 Å². The highest BCUT2D eigenvalue weighted by Gasteiger charge is 2.36. The zero-order valence-corrected chi connectivity index (χ0v) is 18.5. The van der Waals surface area contributed by atoms with Gasteiger partial charge in [-0.05, 0) is 44.2 Å². The van der Waals surface area contributed by atoms with Crippen LogP contribution in [0.5, 0.6) is 0 Å². The molecule has 1 saturated heterocycles. The molecule has 7 heteroatoms. The van der Waals surface area contributed by atoms with Crippen molar-refractivity contribution in [1.29, 1.82) is 0 Å². The molecule has 3 heterocycles. The molecular weight excluding hydrogens is 407 g/mol. The molecule has 32 heavy (non-hydrogen) atoms. The van der Waals surface area contributed by atoms with Gasteiger partial charge in [0, 0.05) is 42.7 Å². The van der Waals surface area contributed by atoms with Crippen molar-refractivity contribution in [3.63, 3.8) is 0 Å². The predicted molar refractivity (Wildman–Crippen MR) is 119 cm³/mol. The fourth-order valence-corrected chi connectivity index (χ4v) is 5.35. The fourth-order valence-electron chi connectivity index (χ4n) is 5.35. The average Bonchev–Trinajstić information content (AvgIpc) is 3.53. The summed E-state index contributed by atoms with van der Waals surface area (Å²) in [7, 11) is 0. The van der Waals surface area contributed by atoms with Gasteiger partial charge in [-0.25, -0.2) is 14.4 Å². The molecule has 1 aliphatic carbocycles. The van der Waals surface area contributed by atoms with Gasteiger partial charge in [0.2, 0.25) is 11.8 Å². The smallest absolute Gasteiger partial charge is 0.232 e. The Kier molecular flexibility index (Phi) is 5.66. The first-order chi connectivity index (χ1) is 15.5. The van der Waals surface area contributed by atoms with Crippen molar-refractivity contribution in [2.75, 3.05) is 24.5 Å². The van der Waals surface area contributed by atoms with Crippen LogP contribution in [-0.4, -0.2) is 46.3 Å². The van der Waals surface area contributed by atoms with Crippen molar-refractivity contribution in [3.05, 3.63) is 52.7 Å². The lowest BCUT2D eigenvalue weighted by Gasteiger charge is -2.21. The van der Waals surface area contributed by atoms with E-state index in [2.05, 4.69) is 0 Å². The summed E-state index contributed by atoms with van der Waals surface area (Å²) < 4.78 is 14.0. The van der Waals surface area contributed by atoms with Crippen LogP contribution in [0.1, 0.15) is 60.7 Å². The zero-order chi connectivity index (χ0) is 22.2. The summed E-state index contributed by atoms with van der Waals surface area (Å²) in [6, 6.07) is 6.67. The number of aromatic nitrogens is 2. The number of hydrogen-bond acceptors (Lipinski definition) is 4. The zero-order valence-electron chi connectivity index (χ0n) is 18.5. The molecule has 1 aromatic heterocycles. The fraction of sp³-hybridized carbons (Fsp3) is 0.520. The summed E-state index contributed by atoms with van der Waals surface area (Å²) in [6.07, 6.45) is 5.88. The third-order valence-electron chi connectivity index (χ3n) is 7.23. The Morgan fingerprint density at radius 1 is 1.16 bits per heavy atom. The predicted octanol–water partition coefficient (Wildman–Crippen LogP) is 3.56. The van der Waals surface area contributed by atoms with Crippen molar-refractivity contribution in [1.82, 2.24) is 14.9 Å². The Labute approximate surface area is 187 Å². The number of nitrogens with zero attached hydrogens (tertiary/aromatic N) is 4. The number of likely N-dealkylation sites (tertiary alicyclic amines) is 1. The van der Waals surface area contributed by atoms with E-state index in [4.69, 9.17) is 9.97 Å². The second-order valence-electron chi connectivity index (χ2n) is 9.28. The Bertz CT molecular complexity index is 1050. The van der Waals surface area contributed by atoms with E-state index in [1.807, 2.05) is 11.8 Å². The van der Waals surface area contributed by atoms with Crippen LogP contribution in [0, 0.1) is 18.7 Å². The summed E-state index contributed by atoms with van der Waals surface area (Å²) >= 11 is 0. The Morgan fingerprint density at radius 2 is 1.94 bits per heavy atom. The summed E-state index contributed by atoms with van der Waals surface area (Å²) in [4.78, 5) is 38.7. The van der Waals surface area contributed by atoms with Crippen molar-refractivity contribution >= 4 is 17.6 Å². The molecule has 2 fully saturated rings. The molecule has 0 bridgehead atoms. The Hall–Kier alpha value is -2.83. The van der Waals surface area contributed by atoms with Crippen molar-refractivity contribution in [2.24, 2.45) is 5.92 Å². The quantitative estimate of drug-likeness (QED) is 0.719. The Balaban J connectivity index is 1.33. The third-order valence-corrected chi connectivity index (χ3v) is 7.23. The minimum atomic E-state index is -0.253. The normalized spacial score (nSPS) is 20.9. The van der Waals surface area contributed by atoms with Crippen LogP contribution in [0.4, 0.5) is 10.2 Å². The monoisotopic (exact) mass is 436 g/mol. The lowest BCUT2D eigenvalue weighted by Crippen LogP contribution is -2.33.